The standard InChI is InChI=1S/C13H14N2O6/c1-7(8(2)13(17)18)12(16)14-9-4-5-11(21-3)10(6-9)15(19)20/h4-6H,1-3H3,(H,14,16)(H,17,18)/b8-7-. The van der Waals surface area contributed by atoms with Gasteiger partial charge in [-0.3, -0.25) is 14.9 Å². The molecule has 8 heteroatoms. The third kappa shape index (κ3) is 3.78. The van der Waals surface area contributed by atoms with Crippen molar-refractivity contribution >= 4 is 23.3 Å². The molecule has 0 radical (unpaired) electrons. The number of nitrogens with one attached hydrogen (secondary N) is 1. The van der Waals surface area contributed by atoms with Crippen LogP contribution in [0.1, 0.15) is 13.8 Å². The number of hydrogen-bond acceptors (Lipinski definition) is 5. The zero-order valence-corrected chi connectivity index (χ0v) is 11.7. The topological polar surface area (TPSA) is 119 Å². The predicted octanol–water partition coefficient (Wildman–Crippen LogP) is 1.96. The lowest BCUT2D eigenvalue weighted by molar-refractivity contribution is -0.385. The number of hydrogen-bond donors (Lipinski definition) is 2. The SMILES string of the molecule is COc1ccc(NC(=O)/C(C)=C(/C)C(=O)O)cc1[N+](=O)[O-]. The average Bonchev–Trinajstić information content (AvgIpc) is 2.45. The quantitative estimate of drug-likeness (QED) is 0.486. The fourth-order valence-corrected chi connectivity index (χ4v) is 1.47. The van der Waals surface area contributed by atoms with Crippen molar-refractivity contribution in [2.24, 2.45) is 0 Å². The molecule has 0 aromatic heterocycles. The first kappa shape index (κ1) is 16.2. The normalized spacial score (nSPS) is 11.4. The number of carbonyl (C=O) groups is 2. The number of carbonyl (C=O) groups excluding carboxylic acids is 1. The second kappa shape index (κ2) is 6.51. The summed E-state index contributed by atoms with van der Waals surface area (Å²) in [6.45, 7) is 2.66. The minimum Gasteiger partial charge on any atom is -0.490 e. The molecule has 0 aliphatic rings. The highest BCUT2D eigenvalue weighted by atomic mass is 16.6. The molecule has 0 heterocycles. The van der Waals surface area contributed by atoms with Crippen LogP contribution >= 0.6 is 0 Å². The number of nitro benzene ring substituents is 1. The molecule has 2 N–H and O–H groups in total. The predicted molar refractivity (Wildman–Crippen MR) is 74.3 cm³/mol. The monoisotopic (exact) mass is 294 g/mol. The molecule has 1 aromatic carbocycles. The number of nitrogens with zero attached hydrogens (tertiary/aromatic N) is 1. The van der Waals surface area contributed by atoms with Crippen LogP contribution in [0.25, 0.3) is 0 Å². The van der Waals surface area contributed by atoms with Gasteiger partial charge in [0.25, 0.3) is 5.91 Å². The number of nitro groups is 1. The van der Waals surface area contributed by atoms with Gasteiger partial charge in [0.1, 0.15) is 0 Å². The van der Waals surface area contributed by atoms with E-state index in [0.717, 1.165) is 6.07 Å². The zero-order chi connectivity index (χ0) is 16.2. The Morgan fingerprint density at radius 3 is 2.38 bits per heavy atom. The molecule has 0 unspecified atom stereocenters. The van der Waals surface area contributed by atoms with Gasteiger partial charge in [-0.15, -0.1) is 0 Å². The molecule has 0 aliphatic heterocycles. The van der Waals surface area contributed by atoms with Crippen LogP contribution in [0.3, 0.4) is 0 Å². The van der Waals surface area contributed by atoms with E-state index in [1.54, 1.807) is 0 Å². The number of benzene rings is 1. The van der Waals surface area contributed by atoms with Gasteiger partial charge in [-0.1, -0.05) is 0 Å². The number of anilines is 1. The molecule has 0 saturated carbocycles. The molecule has 1 aromatic rings. The van der Waals surface area contributed by atoms with Crippen molar-refractivity contribution in [1.29, 1.82) is 0 Å². The van der Waals surface area contributed by atoms with Gasteiger partial charge in [0.2, 0.25) is 0 Å². The summed E-state index contributed by atoms with van der Waals surface area (Å²) in [7, 11) is 1.30. The van der Waals surface area contributed by atoms with Gasteiger partial charge >= 0.3 is 11.7 Å². The van der Waals surface area contributed by atoms with Gasteiger partial charge in [-0.05, 0) is 26.0 Å². The lowest BCUT2D eigenvalue weighted by Gasteiger charge is -2.08. The molecule has 112 valence electrons. The van der Waals surface area contributed by atoms with E-state index in [4.69, 9.17) is 9.84 Å². The van der Waals surface area contributed by atoms with Crippen LogP contribution < -0.4 is 10.1 Å². The van der Waals surface area contributed by atoms with Crippen LogP contribution in [-0.2, 0) is 9.59 Å². The van der Waals surface area contributed by atoms with Crippen LogP contribution in [0.15, 0.2) is 29.3 Å². The van der Waals surface area contributed by atoms with Crippen molar-refractivity contribution in [3.63, 3.8) is 0 Å². The lowest BCUT2D eigenvalue weighted by Crippen LogP contribution is -2.16. The van der Waals surface area contributed by atoms with Crippen molar-refractivity contribution in [3.05, 3.63) is 39.5 Å². The second-order valence-corrected chi connectivity index (χ2v) is 4.15. The summed E-state index contributed by atoms with van der Waals surface area (Å²) in [6.07, 6.45) is 0. The van der Waals surface area contributed by atoms with Gasteiger partial charge in [0.05, 0.1) is 12.0 Å². The molecular formula is C13H14N2O6. The van der Waals surface area contributed by atoms with E-state index >= 15 is 0 Å². The van der Waals surface area contributed by atoms with E-state index in [2.05, 4.69) is 5.32 Å². The molecule has 1 rings (SSSR count). The number of amides is 1. The second-order valence-electron chi connectivity index (χ2n) is 4.15. The number of rotatable bonds is 5. The van der Waals surface area contributed by atoms with Gasteiger partial charge in [0, 0.05) is 22.9 Å². The highest BCUT2D eigenvalue weighted by Gasteiger charge is 2.17. The van der Waals surface area contributed by atoms with Crippen molar-refractivity contribution in [1.82, 2.24) is 0 Å². The molecule has 1 amide bonds. The molecule has 0 saturated heterocycles. The Hall–Kier alpha value is -2.90. The zero-order valence-electron chi connectivity index (χ0n) is 11.7. The van der Waals surface area contributed by atoms with Crippen molar-refractivity contribution < 1.29 is 24.4 Å². The minimum atomic E-state index is -1.21. The Labute approximate surface area is 120 Å². The van der Waals surface area contributed by atoms with Gasteiger partial charge < -0.3 is 15.2 Å². The smallest absolute Gasteiger partial charge is 0.331 e. The molecule has 0 aliphatic carbocycles. The number of ether oxygens (including phenoxy) is 1. The third-order valence-electron chi connectivity index (χ3n) is 2.86. The summed E-state index contributed by atoms with van der Waals surface area (Å²) in [5, 5.41) is 22.1. The molecule has 0 fully saturated rings. The summed E-state index contributed by atoms with van der Waals surface area (Å²) in [5.74, 6) is -1.79. The summed E-state index contributed by atoms with van der Waals surface area (Å²) in [5.41, 5.74) is -0.214. The van der Waals surface area contributed by atoms with Crippen LogP contribution in [0.2, 0.25) is 0 Å². The molecule has 0 spiro atoms. The van der Waals surface area contributed by atoms with Gasteiger partial charge in [0.15, 0.2) is 5.75 Å². The van der Waals surface area contributed by atoms with Crippen molar-refractivity contribution in [2.45, 2.75) is 13.8 Å². The number of carboxylic acids is 1. The first-order valence-electron chi connectivity index (χ1n) is 5.82. The van der Waals surface area contributed by atoms with Gasteiger partial charge in [-0.25, -0.2) is 4.79 Å². The van der Waals surface area contributed by atoms with Crippen LogP contribution in [0.4, 0.5) is 11.4 Å². The Morgan fingerprint density at radius 2 is 1.90 bits per heavy atom. The lowest BCUT2D eigenvalue weighted by atomic mass is 10.1. The molecule has 8 nitrogen and oxygen atoms in total. The third-order valence-corrected chi connectivity index (χ3v) is 2.86. The Balaban J connectivity index is 3.07. The van der Waals surface area contributed by atoms with Crippen LogP contribution in [0, 0.1) is 10.1 Å². The highest BCUT2D eigenvalue weighted by molar-refractivity contribution is 6.08. The highest BCUT2D eigenvalue weighted by Crippen LogP contribution is 2.29. The Bertz CT molecular complexity index is 636. The van der Waals surface area contributed by atoms with Crippen molar-refractivity contribution in [3.8, 4) is 5.75 Å². The van der Waals surface area contributed by atoms with E-state index in [1.807, 2.05) is 0 Å². The molecule has 0 bridgehead atoms. The Kier molecular flexibility index (Phi) is 5.01. The maximum Gasteiger partial charge on any atom is 0.331 e. The Morgan fingerprint density at radius 1 is 1.29 bits per heavy atom. The molecular weight excluding hydrogens is 280 g/mol. The van der Waals surface area contributed by atoms with E-state index in [0.29, 0.717) is 0 Å². The number of methoxy groups -OCH3 is 1. The average molecular weight is 294 g/mol. The van der Waals surface area contributed by atoms with Crippen molar-refractivity contribution in [2.75, 3.05) is 12.4 Å². The summed E-state index contributed by atoms with van der Waals surface area (Å²) in [4.78, 5) is 32.9. The van der Waals surface area contributed by atoms with E-state index in [9.17, 15) is 19.7 Å². The summed E-state index contributed by atoms with van der Waals surface area (Å²) < 4.78 is 4.84. The summed E-state index contributed by atoms with van der Waals surface area (Å²) in [6, 6.07) is 3.91. The van der Waals surface area contributed by atoms with Crippen LogP contribution in [0.5, 0.6) is 5.75 Å². The maximum absolute atomic E-state index is 11.9. The molecule has 21 heavy (non-hydrogen) atoms. The number of carboxylic acid groups (broad SMARTS) is 1. The minimum absolute atomic E-state index is 0.0148. The fourth-order valence-electron chi connectivity index (χ4n) is 1.47. The summed E-state index contributed by atoms with van der Waals surface area (Å²) >= 11 is 0. The van der Waals surface area contributed by atoms with Crippen LogP contribution in [-0.4, -0.2) is 29.0 Å². The van der Waals surface area contributed by atoms with E-state index < -0.39 is 16.8 Å². The molecule has 0 atom stereocenters. The first-order valence-corrected chi connectivity index (χ1v) is 5.82. The van der Waals surface area contributed by atoms with E-state index in [1.165, 1.54) is 33.1 Å². The maximum atomic E-state index is 11.9. The first-order chi connectivity index (χ1) is 9.77. The number of aliphatic carboxylic acids is 1. The largest absolute Gasteiger partial charge is 0.490 e. The van der Waals surface area contributed by atoms with E-state index in [-0.39, 0.29) is 28.3 Å². The fraction of sp³-hybridized carbons (Fsp3) is 0.231. The van der Waals surface area contributed by atoms with Gasteiger partial charge in [-0.2, -0.15) is 0 Å².